The van der Waals surface area contributed by atoms with Gasteiger partial charge in [0.05, 0.1) is 6.04 Å². The van der Waals surface area contributed by atoms with E-state index in [1.54, 1.807) is 6.07 Å². The van der Waals surface area contributed by atoms with Crippen LogP contribution in [0.2, 0.25) is 0 Å². The Labute approximate surface area is 108 Å². The van der Waals surface area contributed by atoms with Crippen molar-refractivity contribution >= 4 is 23.5 Å². The van der Waals surface area contributed by atoms with E-state index in [-0.39, 0.29) is 6.04 Å². The van der Waals surface area contributed by atoms with Crippen molar-refractivity contribution in [2.75, 3.05) is 17.3 Å². The first-order valence-corrected chi connectivity index (χ1v) is 7.53. The highest BCUT2D eigenvalue weighted by Gasteiger charge is 2.25. The van der Waals surface area contributed by atoms with Crippen LogP contribution in [0.3, 0.4) is 0 Å². The minimum Gasteiger partial charge on any atom is -0.271 e. The molecule has 1 aromatic rings. The third-order valence-electron chi connectivity index (χ3n) is 2.70. The third-order valence-corrected chi connectivity index (χ3v) is 5.56. The molecular formula is C11H14F2N2S2. The van der Waals surface area contributed by atoms with Crippen LogP contribution in [-0.2, 0) is 0 Å². The Hall–Kier alpha value is -0.300. The van der Waals surface area contributed by atoms with Gasteiger partial charge >= 0.3 is 0 Å². The van der Waals surface area contributed by atoms with Crippen molar-refractivity contribution in [3.8, 4) is 0 Å². The zero-order valence-electron chi connectivity index (χ0n) is 9.16. The minimum absolute atomic E-state index is 0.136. The summed E-state index contributed by atoms with van der Waals surface area (Å²) < 4.78 is 26.1. The second-order valence-corrected chi connectivity index (χ2v) is 6.30. The molecule has 2 rings (SSSR count). The summed E-state index contributed by atoms with van der Waals surface area (Å²) in [6.07, 6.45) is 0. The molecule has 1 aromatic carbocycles. The predicted octanol–water partition coefficient (Wildman–Crippen LogP) is 2.32. The van der Waals surface area contributed by atoms with Gasteiger partial charge in [0.25, 0.3) is 0 Å². The molecule has 0 aromatic heterocycles. The molecule has 2 atom stereocenters. The zero-order chi connectivity index (χ0) is 12.3. The van der Waals surface area contributed by atoms with Crippen molar-refractivity contribution in [3.05, 3.63) is 35.4 Å². The van der Waals surface area contributed by atoms with Crippen molar-refractivity contribution < 1.29 is 8.78 Å². The number of thioether (sulfide) groups is 2. The van der Waals surface area contributed by atoms with Gasteiger partial charge in [0.15, 0.2) is 11.6 Å². The average molecular weight is 276 g/mol. The maximum Gasteiger partial charge on any atom is 0.159 e. The van der Waals surface area contributed by atoms with Gasteiger partial charge in [-0.05, 0) is 17.7 Å². The lowest BCUT2D eigenvalue weighted by molar-refractivity contribution is 0.497. The molecule has 0 radical (unpaired) electrons. The molecule has 1 heterocycles. The molecule has 94 valence electrons. The highest BCUT2D eigenvalue weighted by molar-refractivity contribution is 8.06. The van der Waals surface area contributed by atoms with Gasteiger partial charge in [-0.15, -0.1) is 0 Å². The van der Waals surface area contributed by atoms with E-state index < -0.39 is 11.6 Å². The molecule has 1 aliphatic rings. The van der Waals surface area contributed by atoms with Crippen LogP contribution in [0.1, 0.15) is 11.6 Å². The normalized spacial score (nSPS) is 22.4. The summed E-state index contributed by atoms with van der Waals surface area (Å²) in [5, 5.41) is 0.295. The average Bonchev–Trinajstić information content (AvgIpc) is 2.36. The molecule has 0 amide bonds. The molecular weight excluding hydrogens is 262 g/mol. The molecule has 3 N–H and O–H groups in total. The van der Waals surface area contributed by atoms with Crippen LogP contribution in [0.15, 0.2) is 18.2 Å². The zero-order valence-corrected chi connectivity index (χ0v) is 10.8. The second-order valence-electron chi connectivity index (χ2n) is 3.80. The van der Waals surface area contributed by atoms with Crippen LogP contribution >= 0.6 is 23.5 Å². The second kappa shape index (κ2) is 6.04. The van der Waals surface area contributed by atoms with Gasteiger partial charge < -0.3 is 0 Å². The molecule has 6 heteroatoms. The largest absolute Gasteiger partial charge is 0.271 e. The molecule has 0 spiro atoms. The molecule has 0 saturated carbocycles. The Morgan fingerprint density at radius 2 is 2.12 bits per heavy atom. The number of nitrogens with two attached hydrogens (primary N) is 1. The van der Waals surface area contributed by atoms with Crippen LogP contribution < -0.4 is 11.3 Å². The molecule has 1 aliphatic heterocycles. The van der Waals surface area contributed by atoms with Crippen molar-refractivity contribution in [1.29, 1.82) is 0 Å². The molecule has 0 bridgehead atoms. The van der Waals surface area contributed by atoms with Gasteiger partial charge in [-0.2, -0.15) is 23.5 Å². The van der Waals surface area contributed by atoms with Crippen LogP contribution in [0.4, 0.5) is 8.78 Å². The monoisotopic (exact) mass is 276 g/mol. The SMILES string of the molecule is NNC(c1ccc(F)c(F)c1)C1CSCCS1. The molecule has 0 aliphatic carbocycles. The number of halogens is 2. The van der Waals surface area contributed by atoms with Gasteiger partial charge in [-0.25, -0.2) is 8.78 Å². The van der Waals surface area contributed by atoms with E-state index >= 15 is 0 Å². The van der Waals surface area contributed by atoms with Gasteiger partial charge in [0.1, 0.15) is 0 Å². The minimum atomic E-state index is -0.824. The Balaban J connectivity index is 2.18. The Morgan fingerprint density at radius 1 is 1.29 bits per heavy atom. The number of hydrazine groups is 1. The molecule has 1 saturated heterocycles. The van der Waals surface area contributed by atoms with Crippen molar-refractivity contribution in [2.45, 2.75) is 11.3 Å². The van der Waals surface area contributed by atoms with E-state index in [1.807, 2.05) is 23.5 Å². The van der Waals surface area contributed by atoms with Gasteiger partial charge in [-0.1, -0.05) is 6.07 Å². The first kappa shape index (κ1) is 13.1. The Bertz CT molecular complexity index is 384. The summed E-state index contributed by atoms with van der Waals surface area (Å²) in [5.41, 5.74) is 3.41. The third kappa shape index (κ3) is 3.13. The maximum atomic E-state index is 13.2. The number of hydrogen-bond donors (Lipinski definition) is 2. The highest BCUT2D eigenvalue weighted by Crippen LogP contribution is 2.33. The van der Waals surface area contributed by atoms with Gasteiger partial charge in [0.2, 0.25) is 0 Å². The lowest BCUT2D eigenvalue weighted by Gasteiger charge is -2.29. The van der Waals surface area contributed by atoms with Crippen LogP contribution in [0.25, 0.3) is 0 Å². The lowest BCUT2D eigenvalue weighted by Crippen LogP contribution is -2.37. The number of hydrogen-bond acceptors (Lipinski definition) is 4. The van der Waals surface area contributed by atoms with E-state index in [1.165, 1.54) is 6.07 Å². The summed E-state index contributed by atoms with van der Waals surface area (Å²) >= 11 is 3.69. The standard InChI is InChI=1S/C11H14F2N2S2/c12-8-2-1-7(5-9(8)13)11(15-14)10-6-16-3-4-17-10/h1-2,5,10-11,15H,3-4,6,14H2. The molecule has 1 fully saturated rings. The van der Waals surface area contributed by atoms with E-state index in [0.29, 0.717) is 10.8 Å². The molecule has 17 heavy (non-hydrogen) atoms. The summed E-state index contributed by atoms with van der Waals surface area (Å²) in [5.74, 6) is 7.06. The predicted molar refractivity (Wildman–Crippen MR) is 70.0 cm³/mol. The van der Waals surface area contributed by atoms with Crippen LogP contribution in [0.5, 0.6) is 0 Å². The first-order valence-electron chi connectivity index (χ1n) is 5.33. The number of rotatable bonds is 3. The first-order chi connectivity index (χ1) is 8.22. The Kier molecular flexibility index (Phi) is 4.67. The van der Waals surface area contributed by atoms with Gasteiger partial charge in [0, 0.05) is 22.5 Å². The molecule has 2 nitrogen and oxygen atoms in total. The molecule has 2 unspecified atom stereocenters. The summed E-state index contributed by atoms with van der Waals surface area (Å²) in [7, 11) is 0. The van der Waals surface area contributed by atoms with Crippen molar-refractivity contribution in [1.82, 2.24) is 5.43 Å². The smallest absolute Gasteiger partial charge is 0.159 e. The van der Waals surface area contributed by atoms with Crippen LogP contribution in [0, 0.1) is 11.6 Å². The fourth-order valence-corrected chi connectivity index (χ4v) is 4.67. The quantitative estimate of drug-likeness (QED) is 0.656. The fourth-order valence-electron chi connectivity index (χ4n) is 1.82. The summed E-state index contributed by atoms with van der Waals surface area (Å²) in [6, 6.07) is 3.82. The van der Waals surface area contributed by atoms with E-state index in [2.05, 4.69) is 5.43 Å². The lowest BCUT2D eigenvalue weighted by atomic mass is 10.0. The van der Waals surface area contributed by atoms with E-state index in [4.69, 9.17) is 5.84 Å². The summed E-state index contributed by atoms with van der Waals surface area (Å²) in [6.45, 7) is 0. The Morgan fingerprint density at radius 3 is 2.71 bits per heavy atom. The number of nitrogens with one attached hydrogen (secondary N) is 1. The van der Waals surface area contributed by atoms with Gasteiger partial charge in [-0.3, -0.25) is 11.3 Å². The highest BCUT2D eigenvalue weighted by atomic mass is 32.2. The van der Waals surface area contributed by atoms with Crippen LogP contribution in [-0.4, -0.2) is 22.5 Å². The number of benzene rings is 1. The van der Waals surface area contributed by atoms with E-state index in [0.717, 1.165) is 23.3 Å². The summed E-state index contributed by atoms with van der Waals surface area (Å²) in [4.78, 5) is 0. The fraction of sp³-hybridized carbons (Fsp3) is 0.455. The van der Waals surface area contributed by atoms with E-state index in [9.17, 15) is 8.78 Å². The topological polar surface area (TPSA) is 38.0 Å². The van der Waals surface area contributed by atoms with Crippen molar-refractivity contribution in [3.63, 3.8) is 0 Å². The van der Waals surface area contributed by atoms with Crippen molar-refractivity contribution in [2.24, 2.45) is 5.84 Å². The maximum absolute atomic E-state index is 13.2.